The van der Waals surface area contributed by atoms with E-state index in [0.717, 1.165) is 38.8 Å². The van der Waals surface area contributed by atoms with E-state index in [1.165, 1.54) is 6.08 Å². The van der Waals surface area contributed by atoms with Crippen molar-refractivity contribution in [3.8, 4) is 11.5 Å². The lowest BCUT2D eigenvalue weighted by Crippen LogP contribution is -2.54. The molecule has 0 spiro atoms. The third-order valence-electron chi connectivity index (χ3n) is 6.56. The molecule has 1 N–H and O–H groups in total. The highest BCUT2D eigenvalue weighted by Crippen LogP contribution is 2.33. The van der Waals surface area contributed by atoms with E-state index >= 15 is 0 Å². The molecular weight excluding hydrogens is 504 g/mol. The second kappa shape index (κ2) is 11.5. The summed E-state index contributed by atoms with van der Waals surface area (Å²) in [6, 6.07) is 23.5. The van der Waals surface area contributed by atoms with Crippen molar-refractivity contribution in [3.63, 3.8) is 0 Å². The summed E-state index contributed by atoms with van der Waals surface area (Å²) in [5.74, 6) is -0.331. The Hall–Kier alpha value is -4.91. The smallest absolute Gasteiger partial charge is 0.335 e. The van der Waals surface area contributed by atoms with Gasteiger partial charge in [-0.05, 0) is 73.0 Å². The molecule has 4 aromatic carbocycles. The van der Waals surface area contributed by atoms with Gasteiger partial charge in [0.1, 0.15) is 23.7 Å². The van der Waals surface area contributed by atoms with Crippen LogP contribution in [0.15, 0.2) is 84.4 Å². The van der Waals surface area contributed by atoms with Crippen molar-refractivity contribution in [2.75, 3.05) is 11.5 Å². The maximum absolute atomic E-state index is 13.6. The van der Waals surface area contributed by atoms with Crippen molar-refractivity contribution < 1.29 is 23.9 Å². The maximum Gasteiger partial charge on any atom is 0.335 e. The number of amides is 4. The molecule has 0 aromatic heterocycles. The number of carbonyl (C=O) groups excluding carboxylic acids is 3. The number of carbonyl (C=O) groups is 3. The molecule has 0 bridgehead atoms. The van der Waals surface area contributed by atoms with Gasteiger partial charge in [0.05, 0.1) is 12.3 Å². The number of urea groups is 1. The number of anilines is 1. The third kappa shape index (κ3) is 5.59. The molecule has 0 saturated carbocycles. The molecule has 0 unspecified atom stereocenters. The zero-order chi connectivity index (χ0) is 28.2. The molecule has 0 atom stereocenters. The van der Waals surface area contributed by atoms with Gasteiger partial charge in [-0.15, -0.1) is 0 Å². The van der Waals surface area contributed by atoms with E-state index in [9.17, 15) is 14.4 Å². The predicted molar refractivity (Wildman–Crippen MR) is 155 cm³/mol. The summed E-state index contributed by atoms with van der Waals surface area (Å²) in [5.41, 5.74) is 4.03. The first kappa shape index (κ1) is 26.7. The summed E-state index contributed by atoms with van der Waals surface area (Å²) < 4.78 is 11.9. The topological polar surface area (TPSA) is 84.9 Å². The number of hydrogen-bond donors (Lipinski definition) is 1. The fourth-order valence-electron chi connectivity index (χ4n) is 4.81. The van der Waals surface area contributed by atoms with Crippen molar-refractivity contribution in [3.05, 3.63) is 107 Å². The molecule has 40 heavy (non-hydrogen) atoms. The second-order valence-electron chi connectivity index (χ2n) is 9.78. The number of rotatable bonds is 8. The fourth-order valence-corrected chi connectivity index (χ4v) is 4.81. The Morgan fingerprint density at radius 1 is 0.850 bits per heavy atom. The number of barbiturate groups is 1. The SMILES string of the molecule is CCCOc1ccc(N2C(=O)NC(=O)/C(=C/c3c(OCc4cc(C)cc(C)c4)ccc4ccccc34)C2=O)cc1. The van der Waals surface area contributed by atoms with Gasteiger partial charge in [0.2, 0.25) is 0 Å². The van der Waals surface area contributed by atoms with Crippen LogP contribution in [0.2, 0.25) is 0 Å². The van der Waals surface area contributed by atoms with Gasteiger partial charge in [0.25, 0.3) is 11.8 Å². The van der Waals surface area contributed by atoms with Crippen molar-refractivity contribution in [1.82, 2.24) is 5.32 Å². The quantitative estimate of drug-likeness (QED) is 0.206. The summed E-state index contributed by atoms with van der Waals surface area (Å²) >= 11 is 0. The number of ether oxygens (including phenoxy) is 2. The summed E-state index contributed by atoms with van der Waals surface area (Å²) in [6.07, 6.45) is 2.37. The van der Waals surface area contributed by atoms with Crippen LogP contribution in [-0.2, 0) is 16.2 Å². The van der Waals surface area contributed by atoms with Crippen molar-refractivity contribution in [2.24, 2.45) is 0 Å². The molecular formula is C33H30N2O5. The van der Waals surface area contributed by atoms with E-state index in [1.54, 1.807) is 24.3 Å². The molecule has 7 nitrogen and oxygen atoms in total. The summed E-state index contributed by atoms with van der Waals surface area (Å²) in [6.45, 7) is 6.95. The monoisotopic (exact) mass is 534 g/mol. The Morgan fingerprint density at radius 3 is 2.30 bits per heavy atom. The molecule has 0 radical (unpaired) electrons. The highest BCUT2D eigenvalue weighted by Gasteiger charge is 2.37. The minimum atomic E-state index is -0.807. The number of aryl methyl sites for hydroxylation is 2. The van der Waals surface area contributed by atoms with E-state index in [1.807, 2.05) is 57.2 Å². The molecule has 1 saturated heterocycles. The number of nitrogens with one attached hydrogen (secondary N) is 1. The van der Waals surface area contributed by atoms with E-state index in [-0.39, 0.29) is 5.57 Å². The lowest BCUT2D eigenvalue weighted by atomic mass is 9.99. The predicted octanol–water partition coefficient (Wildman–Crippen LogP) is 6.49. The number of fused-ring (bicyclic) bond motifs is 1. The summed E-state index contributed by atoms with van der Waals surface area (Å²) in [7, 11) is 0. The minimum absolute atomic E-state index is 0.168. The lowest BCUT2D eigenvalue weighted by molar-refractivity contribution is -0.122. The number of imide groups is 2. The van der Waals surface area contributed by atoms with Crippen LogP contribution in [0.3, 0.4) is 0 Å². The van der Waals surface area contributed by atoms with Crippen molar-refractivity contribution in [2.45, 2.75) is 33.8 Å². The number of nitrogens with zero attached hydrogens (tertiary/aromatic N) is 1. The van der Waals surface area contributed by atoms with Crippen LogP contribution < -0.4 is 19.7 Å². The van der Waals surface area contributed by atoms with Gasteiger partial charge < -0.3 is 9.47 Å². The molecule has 1 aliphatic heterocycles. The third-order valence-corrected chi connectivity index (χ3v) is 6.56. The van der Waals surface area contributed by atoms with Crippen molar-refractivity contribution >= 4 is 40.4 Å². The second-order valence-corrected chi connectivity index (χ2v) is 9.78. The highest BCUT2D eigenvalue weighted by molar-refractivity contribution is 6.39. The standard InChI is InChI=1S/C33H30N2O5/c1-4-15-39-26-12-10-25(11-13-26)35-32(37)29(31(36)34-33(35)38)19-28-27-8-6-5-7-24(27)9-14-30(28)40-20-23-17-21(2)16-22(3)18-23/h5-14,16-19H,4,15,20H2,1-3H3,(H,34,36,38)/b29-19-. The molecule has 1 aliphatic rings. The highest BCUT2D eigenvalue weighted by atomic mass is 16.5. The summed E-state index contributed by atoms with van der Waals surface area (Å²) in [4.78, 5) is 40.3. The number of benzene rings is 4. The molecule has 202 valence electrons. The Kier molecular flexibility index (Phi) is 7.64. The van der Waals surface area contributed by atoms with Crippen LogP contribution in [0.25, 0.3) is 16.8 Å². The van der Waals surface area contributed by atoms with Crippen LogP contribution in [0, 0.1) is 13.8 Å². The van der Waals surface area contributed by atoms with E-state index in [4.69, 9.17) is 9.47 Å². The Bertz CT molecular complexity index is 1620. The van der Waals surface area contributed by atoms with Crippen LogP contribution in [0.1, 0.15) is 35.6 Å². The van der Waals surface area contributed by atoms with Gasteiger partial charge in [-0.1, -0.05) is 66.6 Å². The number of hydrogen-bond acceptors (Lipinski definition) is 5. The van der Waals surface area contributed by atoms with Crippen LogP contribution in [0.4, 0.5) is 10.5 Å². The van der Waals surface area contributed by atoms with Gasteiger partial charge >= 0.3 is 6.03 Å². The maximum atomic E-state index is 13.6. The van der Waals surface area contributed by atoms with Crippen LogP contribution in [0.5, 0.6) is 11.5 Å². The van der Waals surface area contributed by atoms with Gasteiger partial charge in [0, 0.05) is 5.56 Å². The fraction of sp³-hybridized carbons (Fsp3) is 0.182. The average molecular weight is 535 g/mol. The minimum Gasteiger partial charge on any atom is -0.494 e. The van der Waals surface area contributed by atoms with E-state index < -0.39 is 17.8 Å². The molecule has 1 fully saturated rings. The lowest BCUT2D eigenvalue weighted by Gasteiger charge is -2.26. The van der Waals surface area contributed by atoms with Gasteiger partial charge in [0.15, 0.2) is 0 Å². The average Bonchev–Trinajstić information content (AvgIpc) is 2.93. The van der Waals surface area contributed by atoms with E-state index in [0.29, 0.717) is 36.0 Å². The molecule has 1 heterocycles. The zero-order valence-electron chi connectivity index (χ0n) is 22.7. The Morgan fingerprint density at radius 2 is 1.57 bits per heavy atom. The largest absolute Gasteiger partial charge is 0.494 e. The first-order chi connectivity index (χ1) is 19.3. The molecule has 5 rings (SSSR count). The summed E-state index contributed by atoms with van der Waals surface area (Å²) in [5, 5.41) is 4.04. The molecule has 4 aromatic rings. The normalized spacial score (nSPS) is 14.5. The molecule has 7 heteroatoms. The van der Waals surface area contributed by atoms with Crippen molar-refractivity contribution in [1.29, 1.82) is 0 Å². The van der Waals surface area contributed by atoms with Crippen LogP contribution in [-0.4, -0.2) is 24.5 Å². The Balaban J connectivity index is 1.52. The first-order valence-electron chi connectivity index (χ1n) is 13.2. The van der Waals surface area contributed by atoms with E-state index in [2.05, 4.69) is 23.5 Å². The van der Waals surface area contributed by atoms with Gasteiger partial charge in [-0.3, -0.25) is 14.9 Å². The zero-order valence-corrected chi connectivity index (χ0v) is 22.7. The van der Waals surface area contributed by atoms with Gasteiger partial charge in [-0.2, -0.15) is 0 Å². The van der Waals surface area contributed by atoms with Crippen LogP contribution >= 0.6 is 0 Å². The van der Waals surface area contributed by atoms with Gasteiger partial charge in [-0.25, -0.2) is 9.69 Å². The Labute approximate surface area is 233 Å². The molecule has 4 amide bonds. The molecule has 0 aliphatic carbocycles. The first-order valence-corrected chi connectivity index (χ1v) is 13.2.